The van der Waals surface area contributed by atoms with E-state index in [0.717, 1.165) is 51.4 Å². The van der Waals surface area contributed by atoms with E-state index in [1.807, 2.05) is 0 Å². The summed E-state index contributed by atoms with van der Waals surface area (Å²) in [7, 11) is 0. The van der Waals surface area contributed by atoms with Crippen molar-refractivity contribution in [1.82, 2.24) is 5.32 Å². The van der Waals surface area contributed by atoms with Gasteiger partial charge in [0.25, 0.3) is 0 Å². The first-order valence-corrected chi connectivity index (χ1v) is 12.9. The molecule has 0 spiro atoms. The summed E-state index contributed by atoms with van der Waals surface area (Å²) in [5.74, 6) is 1.31. The number of aliphatic carboxylic acids is 1. The number of fused-ring (bicyclic) bond motifs is 5. The van der Waals surface area contributed by atoms with Crippen molar-refractivity contribution in [1.29, 1.82) is 0 Å². The molecule has 5 unspecified atom stereocenters. The third-order valence-corrected chi connectivity index (χ3v) is 10.7. The van der Waals surface area contributed by atoms with E-state index in [4.69, 9.17) is 0 Å². The Bertz CT molecular complexity index is 733. The number of carboxylic acids is 1. The molecule has 0 aliphatic heterocycles. The van der Waals surface area contributed by atoms with Crippen LogP contribution in [0.1, 0.15) is 85.0 Å². The predicted molar refractivity (Wildman–Crippen MR) is 119 cm³/mol. The number of carbonyl (C=O) groups is 2. The van der Waals surface area contributed by atoms with Gasteiger partial charge in [-0.15, -0.1) is 0 Å². The van der Waals surface area contributed by atoms with Crippen LogP contribution in [0.2, 0.25) is 0 Å². The first-order chi connectivity index (χ1) is 15.1. The summed E-state index contributed by atoms with van der Waals surface area (Å²) in [6.07, 6.45) is 8.95. The molecule has 4 saturated carbocycles. The van der Waals surface area contributed by atoms with Gasteiger partial charge in [-0.25, -0.2) is 0 Å². The Hall–Kier alpha value is -0.140. The maximum atomic E-state index is 12.0. The number of hydrogen-bond donors (Lipinski definition) is 3. The Morgan fingerprint density at radius 1 is 1.03 bits per heavy atom. The molecule has 182 valence electrons. The molecular weight excluding hydrogens is 429 g/mol. The Kier molecular flexibility index (Phi) is 8.70. The van der Waals surface area contributed by atoms with E-state index in [1.54, 1.807) is 0 Å². The van der Waals surface area contributed by atoms with E-state index in [2.05, 4.69) is 26.1 Å². The smallest absolute Gasteiger partial charge is 0.548 e. The molecule has 0 aromatic heterocycles. The molecule has 10 atom stereocenters. The van der Waals surface area contributed by atoms with Gasteiger partial charge in [-0.05, 0) is 104 Å². The van der Waals surface area contributed by atoms with E-state index in [1.165, 1.54) is 6.42 Å². The van der Waals surface area contributed by atoms with Crippen LogP contribution in [-0.2, 0) is 9.59 Å². The van der Waals surface area contributed by atoms with Gasteiger partial charge in [0.15, 0.2) is 0 Å². The van der Waals surface area contributed by atoms with Crippen LogP contribution in [0.4, 0.5) is 0 Å². The fraction of sp³-hybridized carbons (Fsp3) is 0.923. The van der Waals surface area contributed by atoms with Crippen LogP contribution in [0.15, 0.2) is 0 Å². The Labute approximate surface area is 221 Å². The number of rotatable bonds is 6. The molecular formula is C26H42NNaO5. The van der Waals surface area contributed by atoms with Crippen molar-refractivity contribution >= 4 is 11.9 Å². The number of carbonyl (C=O) groups excluding carboxylic acids is 2. The van der Waals surface area contributed by atoms with Crippen molar-refractivity contribution in [2.75, 3.05) is 6.54 Å². The van der Waals surface area contributed by atoms with Crippen molar-refractivity contribution in [2.24, 2.45) is 46.3 Å². The van der Waals surface area contributed by atoms with Crippen LogP contribution in [0.25, 0.3) is 0 Å². The maximum absolute atomic E-state index is 12.0. The summed E-state index contributed by atoms with van der Waals surface area (Å²) < 4.78 is 0. The third-order valence-electron chi connectivity index (χ3n) is 10.7. The Morgan fingerprint density at radius 3 is 2.39 bits per heavy atom. The maximum Gasteiger partial charge on any atom is 1.00 e. The summed E-state index contributed by atoms with van der Waals surface area (Å²) in [6, 6.07) is 0. The second-order valence-corrected chi connectivity index (χ2v) is 12.1. The molecule has 0 aromatic carbocycles. The van der Waals surface area contributed by atoms with Gasteiger partial charge in [-0.3, -0.25) is 4.79 Å². The molecule has 4 aliphatic carbocycles. The number of nitrogens with one attached hydrogen (secondary N) is 1. The minimum absolute atomic E-state index is 0. The molecule has 0 saturated heterocycles. The van der Waals surface area contributed by atoms with E-state index >= 15 is 0 Å². The van der Waals surface area contributed by atoms with E-state index < -0.39 is 12.5 Å². The zero-order chi connectivity index (χ0) is 23.3. The number of hydrogen-bond acceptors (Lipinski definition) is 5. The van der Waals surface area contributed by atoms with Crippen LogP contribution in [0, 0.1) is 46.3 Å². The molecule has 1 amide bonds. The number of aliphatic hydroxyl groups excluding tert-OH is 2. The molecule has 4 rings (SSSR count). The zero-order valence-corrected chi connectivity index (χ0v) is 23.0. The molecule has 7 heteroatoms. The monoisotopic (exact) mass is 471 g/mol. The minimum Gasteiger partial charge on any atom is -0.548 e. The summed E-state index contributed by atoms with van der Waals surface area (Å²) in [6.45, 7) is 6.70. The predicted octanol–water partition coefficient (Wildman–Crippen LogP) is -0.737. The van der Waals surface area contributed by atoms with Gasteiger partial charge in [0, 0.05) is 6.42 Å². The number of carboxylic acid groups (broad SMARTS) is 1. The normalized spacial score (nSPS) is 45.1. The summed E-state index contributed by atoms with van der Waals surface area (Å²) in [5.41, 5.74) is 0.436. The fourth-order valence-electron chi connectivity index (χ4n) is 8.99. The molecule has 4 fully saturated rings. The molecule has 6 nitrogen and oxygen atoms in total. The molecule has 0 aromatic rings. The average molecular weight is 472 g/mol. The van der Waals surface area contributed by atoms with Crippen molar-refractivity contribution < 1.29 is 54.5 Å². The van der Waals surface area contributed by atoms with Gasteiger partial charge in [-0.2, -0.15) is 0 Å². The first kappa shape index (κ1) is 27.4. The van der Waals surface area contributed by atoms with Gasteiger partial charge >= 0.3 is 29.6 Å². The Morgan fingerprint density at radius 2 is 1.70 bits per heavy atom. The molecule has 3 N–H and O–H groups in total. The van der Waals surface area contributed by atoms with Crippen molar-refractivity contribution in [3.63, 3.8) is 0 Å². The zero-order valence-electron chi connectivity index (χ0n) is 21.0. The molecule has 33 heavy (non-hydrogen) atoms. The van der Waals surface area contributed by atoms with Crippen LogP contribution < -0.4 is 40.0 Å². The summed E-state index contributed by atoms with van der Waals surface area (Å²) in [5, 5.41) is 34.5. The molecule has 0 heterocycles. The summed E-state index contributed by atoms with van der Waals surface area (Å²) in [4.78, 5) is 22.6. The van der Waals surface area contributed by atoms with Gasteiger partial charge in [0.2, 0.25) is 5.91 Å². The molecule has 0 bridgehead atoms. The second-order valence-electron chi connectivity index (χ2n) is 12.1. The fourth-order valence-corrected chi connectivity index (χ4v) is 8.99. The van der Waals surface area contributed by atoms with Crippen LogP contribution >= 0.6 is 0 Å². The summed E-state index contributed by atoms with van der Waals surface area (Å²) >= 11 is 0. The van der Waals surface area contributed by atoms with Gasteiger partial charge in [-0.1, -0.05) is 20.8 Å². The van der Waals surface area contributed by atoms with E-state index in [9.17, 15) is 24.9 Å². The van der Waals surface area contributed by atoms with Crippen molar-refractivity contribution in [2.45, 2.75) is 97.2 Å². The van der Waals surface area contributed by atoms with Crippen LogP contribution in [-0.4, -0.2) is 40.8 Å². The first-order valence-electron chi connectivity index (χ1n) is 12.9. The van der Waals surface area contributed by atoms with Gasteiger partial charge in [0.05, 0.1) is 24.7 Å². The van der Waals surface area contributed by atoms with Crippen molar-refractivity contribution in [3.8, 4) is 0 Å². The molecule has 0 radical (unpaired) electrons. The average Bonchev–Trinajstić information content (AvgIpc) is 3.09. The largest absolute Gasteiger partial charge is 1.00 e. The van der Waals surface area contributed by atoms with Crippen molar-refractivity contribution in [3.05, 3.63) is 0 Å². The van der Waals surface area contributed by atoms with Gasteiger partial charge in [0.1, 0.15) is 0 Å². The van der Waals surface area contributed by atoms with E-state index in [0.29, 0.717) is 41.9 Å². The van der Waals surface area contributed by atoms with Crippen LogP contribution in [0.5, 0.6) is 0 Å². The third kappa shape index (κ3) is 5.07. The minimum atomic E-state index is -1.26. The number of amides is 1. The number of aliphatic hydroxyl groups is 2. The van der Waals surface area contributed by atoms with Crippen LogP contribution in [0.3, 0.4) is 0 Å². The topological polar surface area (TPSA) is 110 Å². The molecule has 4 aliphatic rings. The van der Waals surface area contributed by atoms with Gasteiger partial charge < -0.3 is 25.4 Å². The Balaban J connectivity index is 0.00000306. The van der Waals surface area contributed by atoms with E-state index in [-0.39, 0.29) is 58.5 Å². The SMILES string of the molecule is CC(CCC(=O)NCC(=O)[O-])[C@H]1CCC2C3C(CC[C@@]21C)[C@@]1(C)CC[C@@H](O)CC1C[C@H]3O.[Na+]. The second kappa shape index (κ2) is 10.5. The quantitative estimate of drug-likeness (QED) is 0.442. The standard InChI is InChI=1S/C26H43NO5.Na/c1-15(4-7-22(30)27-14-23(31)32)18-5-6-19-24-20(9-11-26(18,19)3)25(2)10-8-17(28)12-16(25)13-21(24)29;/h15-21,24,28-29H,4-14H2,1-3H3,(H,27,30)(H,31,32);/q;+1/p-1/t15?,16?,17-,18-,19?,20?,21-,24?,25+,26-;/m1./s1.